The summed E-state index contributed by atoms with van der Waals surface area (Å²) in [5.74, 6) is 0.100. The highest BCUT2D eigenvalue weighted by Crippen LogP contribution is 2.24. The molecule has 0 aliphatic carbocycles. The van der Waals surface area contributed by atoms with Gasteiger partial charge < -0.3 is 15.4 Å². The summed E-state index contributed by atoms with van der Waals surface area (Å²) in [6.07, 6.45) is 0.0561. The molecule has 9 heteroatoms. The number of amides is 2. The summed E-state index contributed by atoms with van der Waals surface area (Å²) < 4.78 is 5.44. The van der Waals surface area contributed by atoms with Gasteiger partial charge in [-0.1, -0.05) is 41.6 Å². The molecule has 3 rings (SSSR count). The summed E-state index contributed by atoms with van der Waals surface area (Å²) in [4.78, 5) is 24.7. The van der Waals surface area contributed by atoms with Crippen LogP contribution >= 0.6 is 23.4 Å². The molecule has 0 saturated carbocycles. The monoisotopic (exact) mass is 444 g/mol. The smallest absolute Gasteiger partial charge is 0.238 e. The lowest BCUT2D eigenvalue weighted by Gasteiger charge is -2.21. The lowest BCUT2D eigenvalue weighted by atomic mass is 10.1. The van der Waals surface area contributed by atoms with Crippen LogP contribution in [0.15, 0.2) is 58.7 Å². The summed E-state index contributed by atoms with van der Waals surface area (Å²) >= 11 is 7.06. The van der Waals surface area contributed by atoms with Gasteiger partial charge in [0.25, 0.3) is 0 Å². The number of hydrogen-bond acceptors (Lipinski definition) is 6. The fourth-order valence-corrected chi connectivity index (χ4v) is 3.72. The van der Waals surface area contributed by atoms with Crippen molar-refractivity contribution in [3.63, 3.8) is 0 Å². The molecule has 2 aromatic carbocycles. The highest BCUT2D eigenvalue weighted by atomic mass is 35.5. The van der Waals surface area contributed by atoms with Crippen molar-refractivity contribution < 1.29 is 14.3 Å². The zero-order valence-corrected chi connectivity index (χ0v) is 18.1. The molecule has 2 N–H and O–H groups in total. The van der Waals surface area contributed by atoms with Crippen molar-refractivity contribution in [1.29, 1.82) is 0 Å². The predicted molar refractivity (Wildman–Crippen MR) is 121 cm³/mol. The summed E-state index contributed by atoms with van der Waals surface area (Å²) in [7, 11) is 0. The van der Waals surface area contributed by atoms with E-state index in [0.717, 1.165) is 17.3 Å². The first-order valence-corrected chi connectivity index (χ1v) is 10.6. The number of benzene rings is 2. The van der Waals surface area contributed by atoms with Gasteiger partial charge >= 0.3 is 0 Å². The van der Waals surface area contributed by atoms with E-state index in [9.17, 15) is 9.59 Å². The standard InChI is InChI=1S/C21H21ClN4O3S/c1-3-29-17-6-4-5-16(11-17)23-20(28)18-12-19(27)24-21(30-18)26-25-13(2)14-7-9-15(22)10-8-14/h4-11,18H,3,12H2,1-2H3,(H,23,28)(H,24,26,27)/t18-/m0/s1. The second-order valence-electron chi connectivity index (χ2n) is 6.41. The summed E-state index contributed by atoms with van der Waals surface area (Å²) in [5.41, 5.74) is 2.13. The zero-order valence-electron chi connectivity index (χ0n) is 16.5. The van der Waals surface area contributed by atoms with Gasteiger partial charge in [-0.3, -0.25) is 9.59 Å². The van der Waals surface area contributed by atoms with Crippen molar-refractivity contribution in [3.05, 3.63) is 59.1 Å². The summed E-state index contributed by atoms with van der Waals surface area (Å²) in [6, 6.07) is 14.3. The van der Waals surface area contributed by atoms with Gasteiger partial charge in [0.05, 0.1) is 12.3 Å². The van der Waals surface area contributed by atoms with Gasteiger partial charge in [-0.25, -0.2) is 0 Å². The molecule has 1 fully saturated rings. The van der Waals surface area contributed by atoms with E-state index in [4.69, 9.17) is 16.3 Å². The van der Waals surface area contributed by atoms with Crippen molar-refractivity contribution in [2.45, 2.75) is 25.5 Å². The minimum absolute atomic E-state index is 0.0561. The molecule has 0 radical (unpaired) electrons. The molecule has 156 valence electrons. The average molecular weight is 445 g/mol. The van der Waals surface area contributed by atoms with Crippen LogP contribution in [0.3, 0.4) is 0 Å². The van der Waals surface area contributed by atoms with E-state index in [2.05, 4.69) is 20.8 Å². The van der Waals surface area contributed by atoms with Crippen LogP contribution in [-0.2, 0) is 9.59 Å². The Kier molecular flexibility index (Phi) is 7.48. The number of amidine groups is 1. The van der Waals surface area contributed by atoms with Crippen LogP contribution in [0.25, 0.3) is 0 Å². The molecular weight excluding hydrogens is 424 g/mol. The second kappa shape index (κ2) is 10.3. The van der Waals surface area contributed by atoms with E-state index in [-0.39, 0.29) is 23.4 Å². The van der Waals surface area contributed by atoms with E-state index in [1.54, 1.807) is 37.3 Å². The van der Waals surface area contributed by atoms with Crippen LogP contribution in [0.5, 0.6) is 5.75 Å². The maximum Gasteiger partial charge on any atom is 0.238 e. The minimum Gasteiger partial charge on any atom is -0.494 e. The quantitative estimate of drug-likeness (QED) is 0.518. The number of thioether (sulfide) groups is 1. The number of anilines is 1. The number of hydrogen-bond donors (Lipinski definition) is 2. The predicted octanol–water partition coefficient (Wildman–Crippen LogP) is 4.08. The lowest BCUT2D eigenvalue weighted by molar-refractivity contribution is -0.123. The molecule has 1 aliphatic heterocycles. The molecule has 7 nitrogen and oxygen atoms in total. The number of ether oxygens (including phenoxy) is 1. The third-order valence-electron chi connectivity index (χ3n) is 4.13. The van der Waals surface area contributed by atoms with E-state index >= 15 is 0 Å². The first-order chi connectivity index (χ1) is 14.4. The molecule has 0 aromatic heterocycles. The molecule has 2 aromatic rings. The number of carbonyl (C=O) groups is 2. The number of nitrogens with one attached hydrogen (secondary N) is 2. The summed E-state index contributed by atoms with van der Waals surface area (Å²) in [5, 5.41) is 14.1. The van der Waals surface area contributed by atoms with Crippen LogP contribution in [0.4, 0.5) is 5.69 Å². The Morgan fingerprint density at radius 1 is 1.30 bits per heavy atom. The molecule has 1 heterocycles. The van der Waals surface area contributed by atoms with Gasteiger partial charge in [-0.2, -0.15) is 5.10 Å². The molecule has 1 atom stereocenters. The molecule has 0 spiro atoms. The Morgan fingerprint density at radius 2 is 2.07 bits per heavy atom. The Labute approximate surface area is 183 Å². The van der Waals surface area contributed by atoms with E-state index in [1.165, 1.54) is 0 Å². The van der Waals surface area contributed by atoms with Crippen molar-refractivity contribution in [1.82, 2.24) is 5.32 Å². The van der Waals surface area contributed by atoms with Crippen LogP contribution < -0.4 is 15.4 Å². The number of halogens is 1. The first kappa shape index (κ1) is 21.9. The second-order valence-corrected chi connectivity index (χ2v) is 8.03. The van der Waals surface area contributed by atoms with Crippen molar-refractivity contribution in [2.75, 3.05) is 11.9 Å². The first-order valence-electron chi connectivity index (χ1n) is 9.33. The zero-order chi connectivity index (χ0) is 21.5. The highest BCUT2D eigenvalue weighted by molar-refractivity contribution is 8.15. The molecule has 2 amide bonds. The van der Waals surface area contributed by atoms with E-state index in [0.29, 0.717) is 28.8 Å². The normalized spacial score (nSPS) is 18.1. The van der Waals surface area contributed by atoms with Gasteiger partial charge in [0.1, 0.15) is 11.0 Å². The van der Waals surface area contributed by atoms with Crippen molar-refractivity contribution >= 4 is 51.7 Å². The maximum absolute atomic E-state index is 12.7. The Bertz CT molecular complexity index is 992. The number of carbonyl (C=O) groups excluding carboxylic acids is 2. The van der Waals surface area contributed by atoms with Crippen LogP contribution in [-0.4, -0.2) is 34.6 Å². The summed E-state index contributed by atoms with van der Waals surface area (Å²) in [6.45, 7) is 4.23. The number of nitrogens with zero attached hydrogens (tertiary/aromatic N) is 2. The van der Waals surface area contributed by atoms with Crippen LogP contribution in [0, 0.1) is 0 Å². The lowest BCUT2D eigenvalue weighted by Crippen LogP contribution is -2.41. The number of rotatable bonds is 6. The van der Waals surface area contributed by atoms with Gasteiger partial charge in [0, 0.05) is 23.2 Å². The minimum atomic E-state index is -0.612. The van der Waals surface area contributed by atoms with Gasteiger partial charge in [0.2, 0.25) is 11.8 Å². The average Bonchev–Trinajstić information content (AvgIpc) is 2.72. The molecule has 30 heavy (non-hydrogen) atoms. The Balaban J connectivity index is 1.68. The van der Waals surface area contributed by atoms with Crippen LogP contribution in [0.2, 0.25) is 5.02 Å². The van der Waals surface area contributed by atoms with Crippen LogP contribution in [0.1, 0.15) is 25.8 Å². The topological polar surface area (TPSA) is 92.1 Å². The molecule has 0 bridgehead atoms. The molecule has 1 saturated heterocycles. The fraction of sp³-hybridized carbons (Fsp3) is 0.238. The Hall–Kier alpha value is -2.84. The van der Waals surface area contributed by atoms with Crippen molar-refractivity contribution in [2.24, 2.45) is 10.2 Å². The fourth-order valence-electron chi connectivity index (χ4n) is 2.66. The largest absolute Gasteiger partial charge is 0.494 e. The third kappa shape index (κ3) is 6.08. The maximum atomic E-state index is 12.7. The van der Waals surface area contributed by atoms with Gasteiger partial charge in [0.15, 0.2) is 5.17 Å². The van der Waals surface area contributed by atoms with Gasteiger partial charge in [-0.15, -0.1) is 5.10 Å². The Morgan fingerprint density at radius 3 is 2.80 bits per heavy atom. The van der Waals surface area contributed by atoms with Crippen molar-refractivity contribution in [3.8, 4) is 5.75 Å². The molecule has 1 aliphatic rings. The van der Waals surface area contributed by atoms with E-state index in [1.807, 2.05) is 25.1 Å². The highest BCUT2D eigenvalue weighted by Gasteiger charge is 2.30. The SMILES string of the molecule is CCOc1cccc(NC(=O)[C@@H]2CC(=O)NC(=NN=C(C)c3ccc(Cl)cc3)S2)c1. The molecular formula is C21H21ClN4O3S. The molecule has 0 unspecified atom stereocenters. The third-order valence-corrected chi connectivity index (χ3v) is 5.45. The van der Waals surface area contributed by atoms with E-state index < -0.39 is 5.25 Å². The van der Waals surface area contributed by atoms with Gasteiger partial charge in [-0.05, 0) is 43.7 Å².